The second-order valence-electron chi connectivity index (χ2n) is 3.27. The van der Waals surface area contributed by atoms with Crippen molar-refractivity contribution in [2.24, 2.45) is 0 Å². The maximum atomic E-state index is 9.28. The Morgan fingerprint density at radius 2 is 1.92 bits per heavy atom. The summed E-state index contributed by atoms with van der Waals surface area (Å²) in [6, 6.07) is 8.10. The molecule has 1 aromatic carbocycles. The van der Waals surface area contributed by atoms with Crippen molar-refractivity contribution in [1.82, 2.24) is 5.32 Å². The first kappa shape index (κ1) is 10.2. The van der Waals surface area contributed by atoms with Gasteiger partial charge < -0.3 is 10.4 Å². The van der Waals surface area contributed by atoms with Crippen molar-refractivity contribution in [3.05, 3.63) is 35.4 Å². The van der Waals surface area contributed by atoms with Gasteiger partial charge in [0.25, 0.3) is 0 Å². The van der Waals surface area contributed by atoms with E-state index < -0.39 is 0 Å². The number of hydrogen-bond acceptors (Lipinski definition) is 2. The highest BCUT2D eigenvalue weighted by atomic mass is 16.3. The van der Waals surface area contributed by atoms with Crippen molar-refractivity contribution in [2.45, 2.75) is 19.4 Å². The monoisotopic (exact) mass is 179 g/mol. The van der Waals surface area contributed by atoms with Crippen molar-refractivity contribution in [1.29, 1.82) is 0 Å². The summed E-state index contributed by atoms with van der Waals surface area (Å²) in [5, 5.41) is 12.4. The van der Waals surface area contributed by atoms with Gasteiger partial charge >= 0.3 is 0 Å². The van der Waals surface area contributed by atoms with Crippen molar-refractivity contribution < 1.29 is 5.11 Å². The van der Waals surface area contributed by atoms with Gasteiger partial charge in [0.05, 0.1) is 6.10 Å². The molecule has 1 rings (SSSR count). The fourth-order valence-corrected chi connectivity index (χ4v) is 1.23. The van der Waals surface area contributed by atoms with Gasteiger partial charge in [-0.15, -0.1) is 0 Å². The summed E-state index contributed by atoms with van der Waals surface area (Å²) in [6.07, 6.45) is 0.676. The SMILES string of the molecule is CNCCc1ccc(C(C)O)cc1. The molecule has 2 heteroatoms. The van der Waals surface area contributed by atoms with E-state index in [-0.39, 0.29) is 6.10 Å². The summed E-state index contributed by atoms with van der Waals surface area (Å²) in [4.78, 5) is 0. The summed E-state index contributed by atoms with van der Waals surface area (Å²) in [6.45, 7) is 2.77. The first-order valence-electron chi connectivity index (χ1n) is 4.65. The molecule has 0 aromatic heterocycles. The third-order valence-electron chi connectivity index (χ3n) is 2.13. The second kappa shape index (κ2) is 5.00. The summed E-state index contributed by atoms with van der Waals surface area (Å²) >= 11 is 0. The topological polar surface area (TPSA) is 32.3 Å². The smallest absolute Gasteiger partial charge is 0.0761 e. The maximum absolute atomic E-state index is 9.28. The Morgan fingerprint density at radius 1 is 1.31 bits per heavy atom. The quantitative estimate of drug-likeness (QED) is 0.734. The van der Waals surface area contributed by atoms with E-state index in [1.54, 1.807) is 6.92 Å². The Kier molecular flexibility index (Phi) is 3.93. The van der Waals surface area contributed by atoms with Crippen LogP contribution in [0, 0.1) is 0 Å². The Labute approximate surface area is 79.6 Å². The molecule has 0 saturated carbocycles. The van der Waals surface area contributed by atoms with E-state index in [0.717, 1.165) is 18.5 Å². The molecule has 0 aliphatic heterocycles. The number of nitrogens with one attached hydrogen (secondary N) is 1. The average molecular weight is 179 g/mol. The molecule has 0 spiro atoms. The lowest BCUT2D eigenvalue weighted by Gasteiger charge is -2.05. The van der Waals surface area contributed by atoms with Crippen LogP contribution < -0.4 is 5.32 Å². The van der Waals surface area contributed by atoms with Crippen LogP contribution in [0.5, 0.6) is 0 Å². The van der Waals surface area contributed by atoms with Gasteiger partial charge in [0.1, 0.15) is 0 Å². The summed E-state index contributed by atoms with van der Waals surface area (Å²) in [5.74, 6) is 0. The lowest BCUT2D eigenvalue weighted by Crippen LogP contribution is -2.10. The number of hydrogen-bond donors (Lipinski definition) is 2. The summed E-state index contributed by atoms with van der Waals surface area (Å²) in [7, 11) is 1.95. The fraction of sp³-hybridized carbons (Fsp3) is 0.455. The molecule has 0 fully saturated rings. The van der Waals surface area contributed by atoms with E-state index in [9.17, 15) is 5.11 Å². The third kappa shape index (κ3) is 3.17. The number of aliphatic hydroxyl groups excluding tert-OH is 1. The Bertz CT molecular complexity index is 241. The molecule has 1 unspecified atom stereocenters. The summed E-state index contributed by atoms with van der Waals surface area (Å²) < 4.78 is 0. The van der Waals surface area contributed by atoms with Crippen molar-refractivity contribution in [2.75, 3.05) is 13.6 Å². The van der Waals surface area contributed by atoms with Crippen LogP contribution in [0.4, 0.5) is 0 Å². The number of likely N-dealkylation sites (N-methyl/N-ethyl adjacent to an activating group) is 1. The van der Waals surface area contributed by atoms with Crippen molar-refractivity contribution >= 4 is 0 Å². The second-order valence-corrected chi connectivity index (χ2v) is 3.27. The predicted octanol–water partition coefficient (Wildman–Crippen LogP) is 1.50. The van der Waals surface area contributed by atoms with Crippen LogP contribution in [-0.2, 0) is 6.42 Å². The average Bonchev–Trinajstić information content (AvgIpc) is 2.15. The molecule has 0 aliphatic carbocycles. The molecule has 0 bridgehead atoms. The van der Waals surface area contributed by atoms with Crippen LogP contribution in [0.15, 0.2) is 24.3 Å². The van der Waals surface area contributed by atoms with Gasteiger partial charge in [-0.1, -0.05) is 24.3 Å². The third-order valence-corrected chi connectivity index (χ3v) is 2.13. The maximum Gasteiger partial charge on any atom is 0.0761 e. The van der Waals surface area contributed by atoms with E-state index in [2.05, 4.69) is 17.4 Å². The number of aliphatic hydroxyl groups is 1. The van der Waals surface area contributed by atoms with Crippen LogP contribution in [0.1, 0.15) is 24.2 Å². The highest BCUT2D eigenvalue weighted by molar-refractivity contribution is 5.23. The molecule has 72 valence electrons. The molecule has 2 nitrogen and oxygen atoms in total. The zero-order valence-electron chi connectivity index (χ0n) is 8.25. The van der Waals surface area contributed by atoms with Crippen LogP contribution in [0.2, 0.25) is 0 Å². The zero-order chi connectivity index (χ0) is 9.68. The molecule has 0 amide bonds. The van der Waals surface area contributed by atoms with E-state index >= 15 is 0 Å². The molecule has 0 aliphatic rings. The molecule has 1 aromatic rings. The van der Waals surface area contributed by atoms with Crippen LogP contribution in [0.3, 0.4) is 0 Å². The number of benzene rings is 1. The standard InChI is InChI=1S/C11H17NO/c1-9(13)11-5-3-10(4-6-11)7-8-12-2/h3-6,9,12-13H,7-8H2,1-2H3. The van der Waals surface area contributed by atoms with Crippen molar-refractivity contribution in [3.63, 3.8) is 0 Å². The number of rotatable bonds is 4. The minimum atomic E-state index is -0.363. The van der Waals surface area contributed by atoms with E-state index in [1.807, 2.05) is 19.2 Å². The largest absolute Gasteiger partial charge is 0.389 e. The molecule has 0 radical (unpaired) electrons. The predicted molar refractivity (Wildman–Crippen MR) is 54.7 cm³/mol. The van der Waals surface area contributed by atoms with Gasteiger partial charge in [0, 0.05) is 0 Å². The molecule has 0 heterocycles. The Balaban J connectivity index is 2.59. The van der Waals surface area contributed by atoms with Gasteiger partial charge in [0.15, 0.2) is 0 Å². The van der Waals surface area contributed by atoms with Crippen molar-refractivity contribution in [3.8, 4) is 0 Å². The van der Waals surface area contributed by atoms with Crippen LogP contribution in [-0.4, -0.2) is 18.7 Å². The molecule has 2 N–H and O–H groups in total. The Morgan fingerprint density at radius 3 is 2.38 bits per heavy atom. The van der Waals surface area contributed by atoms with Gasteiger partial charge in [-0.2, -0.15) is 0 Å². The van der Waals surface area contributed by atoms with Gasteiger partial charge in [-0.05, 0) is 38.1 Å². The molecular formula is C11H17NO. The first-order chi connectivity index (χ1) is 6.24. The molecule has 1 atom stereocenters. The lowest BCUT2D eigenvalue weighted by molar-refractivity contribution is 0.199. The first-order valence-corrected chi connectivity index (χ1v) is 4.65. The highest BCUT2D eigenvalue weighted by Crippen LogP contribution is 2.12. The van der Waals surface area contributed by atoms with E-state index in [1.165, 1.54) is 5.56 Å². The van der Waals surface area contributed by atoms with Gasteiger partial charge in [-0.25, -0.2) is 0 Å². The zero-order valence-corrected chi connectivity index (χ0v) is 8.25. The van der Waals surface area contributed by atoms with Crippen LogP contribution >= 0.6 is 0 Å². The fourth-order valence-electron chi connectivity index (χ4n) is 1.23. The molecule has 13 heavy (non-hydrogen) atoms. The Hall–Kier alpha value is -0.860. The van der Waals surface area contributed by atoms with Crippen LogP contribution in [0.25, 0.3) is 0 Å². The molecule has 0 saturated heterocycles. The highest BCUT2D eigenvalue weighted by Gasteiger charge is 1.99. The molecular weight excluding hydrogens is 162 g/mol. The van der Waals surface area contributed by atoms with Gasteiger partial charge in [-0.3, -0.25) is 0 Å². The van der Waals surface area contributed by atoms with E-state index in [0.29, 0.717) is 0 Å². The minimum absolute atomic E-state index is 0.363. The van der Waals surface area contributed by atoms with E-state index in [4.69, 9.17) is 0 Å². The lowest BCUT2D eigenvalue weighted by atomic mass is 10.1. The normalized spacial score (nSPS) is 12.8. The minimum Gasteiger partial charge on any atom is -0.389 e. The summed E-state index contributed by atoms with van der Waals surface area (Å²) in [5.41, 5.74) is 2.28. The van der Waals surface area contributed by atoms with Gasteiger partial charge in [0.2, 0.25) is 0 Å².